The van der Waals surface area contributed by atoms with Crippen LogP contribution < -0.4 is 99.5 Å². The van der Waals surface area contributed by atoms with Gasteiger partial charge in [0.2, 0.25) is 53.2 Å². The summed E-state index contributed by atoms with van der Waals surface area (Å²) >= 11 is 0. The first-order valence-electron chi connectivity index (χ1n) is 28.6. The van der Waals surface area contributed by atoms with Gasteiger partial charge in [-0.2, -0.15) is 0 Å². The summed E-state index contributed by atoms with van der Waals surface area (Å²) in [6, 6.07) is -10.9. The monoisotopic (exact) mass is 1210 g/mol. The first-order chi connectivity index (χ1) is 40.6. The minimum Gasteiger partial charge on any atom is -0.389 e. The van der Waals surface area contributed by atoms with Gasteiger partial charge >= 0.3 is 0 Å². The number of nitrogens with zero attached hydrogens (tertiary/aromatic N) is 3. The fraction of sp³-hybridized carbons (Fsp3) is 0.686. The van der Waals surface area contributed by atoms with Crippen molar-refractivity contribution in [1.29, 1.82) is 0 Å². The number of aliphatic imine (C=N–C) groups is 1. The van der Waals surface area contributed by atoms with Crippen molar-refractivity contribution in [2.75, 3.05) is 65.4 Å². The number of carbonyl (C=O) groups excluding carboxylic acids is 10. The predicted octanol–water partition coefficient (Wildman–Crippen LogP) is -9.53. The van der Waals surface area contributed by atoms with Crippen molar-refractivity contribution in [2.45, 2.75) is 157 Å². The molecule has 0 radical (unpaired) electrons. The van der Waals surface area contributed by atoms with Crippen molar-refractivity contribution in [3.63, 3.8) is 0 Å². The highest BCUT2D eigenvalue weighted by molar-refractivity contribution is 6.02. The summed E-state index contributed by atoms with van der Waals surface area (Å²) in [5, 5.41) is 43.8. The van der Waals surface area contributed by atoms with Crippen LogP contribution in [0, 0.1) is 0 Å². The van der Waals surface area contributed by atoms with Crippen molar-refractivity contribution in [3.05, 3.63) is 30.0 Å². The van der Waals surface area contributed by atoms with Gasteiger partial charge in [0, 0.05) is 51.0 Å². The molecule has 0 aliphatic carbocycles. The second-order valence-electron chi connectivity index (χ2n) is 20.3. The number of carbonyl (C=O) groups is 10. The fourth-order valence-electron chi connectivity index (χ4n) is 8.61. The topological polar surface area (TPSA) is 598 Å². The van der Waals surface area contributed by atoms with E-state index in [1.165, 1.54) is 30.4 Å². The smallest absolute Gasteiger partial charge is 0.268 e. The molecule has 480 valence electrons. The van der Waals surface area contributed by atoms with E-state index in [1.807, 2.05) is 0 Å². The van der Waals surface area contributed by atoms with Gasteiger partial charge < -0.3 is 120 Å². The second-order valence-corrected chi connectivity index (χ2v) is 20.3. The zero-order chi connectivity index (χ0) is 63.4. The van der Waals surface area contributed by atoms with E-state index in [2.05, 4.69) is 62.8 Å². The molecular formula is C51H94N22O12. The highest BCUT2D eigenvalue weighted by Gasteiger charge is 2.40. The number of aliphatic hydroxyl groups excluding tert-OH is 2. The maximum absolute atomic E-state index is 14.3. The van der Waals surface area contributed by atoms with Gasteiger partial charge in [0.05, 0.1) is 31.1 Å². The van der Waals surface area contributed by atoms with Crippen molar-refractivity contribution in [2.24, 2.45) is 56.6 Å². The largest absolute Gasteiger partial charge is 0.389 e. The highest BCUT2D eigenvalue weighted by atomic mass is 16.3. The van der Waals surface area contributed by atoms with Crippen LogP contribution in [0.2, 0.25) is 0 Å². The van der Waals surface area contributed by atoms with Crippen molar-refractivity contribution in [3.8, 4) is 0 Å². The third-order valence-corrected chi connectivity index (χ3v) is 13.4. The minimum absolute atomic E-state index is 0.0162. The number of aliphatic hydroxyl groups is 2. The molecule has 10 atom stereocenters. The summed E-state index contributed by atoms with van der Waals surface area (Å²) < 4.78 is 0. The Labute approximate surface area is 494 Å². The minimum atomic E-state index is -1.83. The van der Waals surface area contributed by atoms with Crippen molar-refractivity contribution < 1.29 is 58.2 Å². The Morgan fingerprint density at radius 1 is 0.694 bits per heavy atom. The standard InChI is InChI=1S/C51H94N22O12/c1-29(42(77)68-33(14-9-21-63-51(59)60)45(80)69-32(12-3-5-17-53)44(79)62-20-7-6-18-54)66-46(81)35(23-30-26-61-28-65-30)70-47(82)36-15-10-22-73(36)50(85)34(13-8-19-55)67-39(76)27-64-48(83)40(37(74)24-56)72-49(84)41(38(75)25-57)71-43(78)31(58)11-2-4-16-52/h14,26,28-29,31-32,34-38,40-41,74-75H,2-13,15-25,27,52-58H2,1H3,(H,61,65)(H,62,79)(H,64,83)(H,66,81)(H,67,76)(H,68,77)(H,69,80)(H,70,82)(H,71,78)(H,72,84)(H4,59,60,63)/b33-14-/t29-,31-,32-,34+,35-,36-,37-,38-,40-,41-/m0/s1. The Hall–Kier alpha value is -7.44. The maximum atomic E-state index is 14.3. The molecule has 10 amide bonds. The van der Waals surface area contributed by atoms with Gasteiger partial charge in [0.15, 0.2) is 5.96 Å². The number of H-pyrrole nitrogens is 1. The third kappa shape index (κ3) is 27.0. The number of hydrogen-bond acceptors (Lipinski definition) is 21. The third-order valence-electron chi connectivity index (χ3n) is 13.4. The molecule has 0 unspecified atom stereocenters. The lowest BCUT2D eigenvalue weighted by atomic mass is 10.1. The molecule has 1 aliphatic heterocycles. The number of unbranched alkanes of at least 4 members (excludes halogenated alkanes) is 3. The molecule has 0 aromatic carbocycles. The fourth-order valence-corrected chi connectivity index (χ4v) is 8.61. The van der Waals surface area contributed by atoms with Crippen LogP contribution >= 0.6 is 0 Å². The Balaban J connectivity index is 2.28. The molecule has 0 saturated carbocycles. The molecule has 2 rings (SSSR count). The Morgan fingerprint density at radius 3 is 1.92 bits per heavy atom. The molecule has 2 heterocycles. The zero-order valence-corrected chi connectivity index (χ0v) is 48.5. The normalized spacial score (nSPS) is 16.3. The number of likely N-dealkylation sites (tertiary alicyclic amines) is 1. The molecule has 0 spiro atoms. The van der Waals surface area contributed by atoms with E-state index in [4.69, 9.17) is 51.6 Å². The molecule has 1 fully saturated rings. The zero-order valence-electron chi connectivity index (χ0n) is 48.5. The van der Waals surface area contributed by atoms with Gasteiger partial charge in [0.1, 0.15) is 48.0 Å². The summed E-state index contributed by atoms with van der Waals surface area (Å²) in [4.78, 5) is 149. The SMILES string of the molecule is C[C@H](NC(=O)[C@H](Cc1cnc[nH]1)NC(=O)[C@@H]1CCCN1C(=O)[C@@H](CCCN)NC(=O)CNC(=O)[C@@H](NC(=O)[C@@H](NC(=O)[C@@H](N)CCCCN)[C@@H](O)CN)[C@@H](O)CN)C(=O)N/C(=C\CCN=C(N)N)C(=O)N[C@@H](CCCCN)C(=O)NCCCCN. The Bertz CT molecular complexity index is 2340. The van der Waals surface area contributed by atoms with Crippen molar-refractivity contribution in [1.82, 2.24) is 62.7 Å². The van der Waals surface area contributed by atoms with Crippen LogP contribution in [0.25, 0.3) is 0 Å². The summed E-state index contributed by atoms with van der Waals surface area (Å²) in [6.45, 7) is 1.09. The van der Waals surface area contributed by atoms with E-state index < -0.39 is 139 Å². The average Bonchev–Trinajstić information content (AvgIpc) is 4.20. The van der Waals surface area contributed by atoms with Crippen LogP contribution in [0.1, 0.15) is 96.1 Å². The van der Waals surface area contributed by atoms with Gasteiger partial charge in [-0.1, -0.05) is 12.5 Å². The first-order valence-corrected chi connectivity index (χ1v) is 28.6. The molecule has 1 aromatic rings. The Morgan fingerprint density at radius 2 is 1.31 bits per heavy atom. The lowest BCUT2D eigenvalue weighted by molar-refractivity contribution is -0.142. The van der Waals surface area contributed by atoms with Gasteiger partial charge in [-0.25, -0.2) is 4.98 Å². The average molecular weight is 1210 g/mol. The van der Waals surface area contributed by atoms with Gasteiger partial charge in [-0.05, 0) is 110 Å². The molecule has 30 N–H and O–H groups in total. The van der Waals surface area contributed by atoms with Crippen molar-refractivity contribution >= 4 is 65.0 Å². The van der Waals surface area contributed by atoms with E-state index in [0.29, 0.717) is 76.8 Å². The van der Waals surface area contributed by atoms with E-state index in [-0.39, 0.29) is 76.2 Å². The molecule has 1 saturated heterocycles. The summed E-state index contributed by atoms with van der Waals surface area (Å²) in [6.07, 6.45) is 5.15. The molecule has 34 nitrogen and oxygen atoms in total. The second kappa shape index (κ2) is 40.8. The van der Waals surface area contributed by atoms with Gasteiger partial charge in [-0.3, -0.25) is 52.9 Å². The molecule has 85 heavy (non-hydrogen) atoms. The number of guanidine groups is 1. The summed E-state index contributed by atoms with van der Waals surface area (Å²) in [5.41, 5.74) is 50.8. The lowest BCUT2D eigenvalue weighted by Crippen LogP contribution is -2.63. The van der Waals surface area contributed by atoms with Crippen LogP contribution in [-0.2, 0) is 54.4 Å². The molecule has 0 bridgehead atoms. The first kappa shape index (κ1) is 73.7. The quantitative estimate of drug-likeness (QED) is 0.0125. The van der Waals surface area contributed by atoms with E-state index in [9.17, 15) is 58.2 Å². The van der Waals surface area contributed by atoms with E-state index in [1.54, 1.807) is 0 Å². The van der Waals surface area contributed by atoms with Crippen LogP contribution in [-0.4, -0.2) is 216 Å². The number of amides is 10. The summed E-state index contributed by atoms with van der Waals surface area (Å²) in [5.74, 6) is -8.64. The van der Waals surface area contributed by atoms with Crippen LogP contribution in [0.4, 0.5) is 0 Å². The molecular weight excluding hydrogens is 1110 g/mol. The van der Waals surface area contributed by atoms with Crippen LogP contribution in [0.15, 0.2) is 29.3 Å². The van der Waals surface area contributed by atoms with E-state index in [0.717, 1.165) is 0 Å². The van der Waals surface area contributed by atoms with Gasteiger partial charge in [-0.15, -0.1) is 0 Å². The lowest BCUT2D eigenvalue weighted by Gasteiger charge is -2.30. The number of hydrogen-bond donors (Lipinski definition) is 21. The number of rotatable bonds is 42. The summed E-state index contributed by atoms with van der Waals surface area (Å²) in [7, 11) is 0. The van der Waals surface area contributed by atoms with Gasteiger partial charge in [0.25, 0.3) is 5.91 Å². The van der Waals surface area contributed by atoms with Crippen LogP contribution in [0.5, 0.6) is 0 Å². The van der Waals surface area contributed by atoms with E-state index >= 15 is 0 Å². The number of aromatic nitrogens is 2. The number of nitrogens with two attached hydrogens (primary N) is 9. The molecule has 1 aliphatic rings. The number of imidazole rings is 1. The van der Waals surface area contributed by atoms with Crippen LogP contribution in [0.3, 0.4) is 0 Å². The maximum Gasteiger partial charge on any atom is 0.268 e. The highest BCUT2D eigenvalue weighted by Crippen LogP contribution is 2.20. The number of nitrogens with one attached hydrogen (secondary N) is 10. The number of aromatic amines is 1. The predicted molar refractivity (Wildman–Crippen MR) is 312 cm³/mol. The Kier molecular flexibility index (Phi) is 35.3. The molecule has 34 heteroatoms. The molecule has 1 aromatic heterocycles.